The van der Waals surface area contributed by atoms with E-state index in [2.05, 4.69) is 30.7 Å². The minimum absolute atomic E-state index is 0.432. The number of carbonyl (C=O) groups is 1. The number of benzene rings is 1. The van der Waals surface area contributed by atoms with Crippen LogP contribution >= 0.6 is 0 Å². The molecule has 1 aromatic carbocycles. The molecule has 1 N–H and O–H groups in total. The average molecular weight is 290 g/mol. The van der Waals surface area contributed by atoms with Crippen LogP contribution in [0.15, 0.2) is 24.3 Å². The van der Waals surface area contributed by atoms with Crippen molar-refractivity contribution in [3.63, 3.8) is 0 Å². The molecule has 1 unspecified atom stereocenters. The van der Waals surface area contributed by atoms with E-state index in [-0.39, 0.29) is 0 Å². The number of aromatic carboxylic acids is 1. The lowest BCUT2D eigenvalue weighted by atomic mass is 10.0. The van der Waals surface area contributed by atoms with Crippen molar-refractivity contribution in [2.45, 2.75) is 38.8 Å². The topological polar surface area (TPSA) is 43.8 Å². The summed E-state index contributed by atoms with van der Waals surface area (Å²) in [5.74, 6) is -0.833. The second kappa shape index (κ2) is 7.05. The zero-order chi connectivity index (χ0) is 15.4. The molecule has 116 valence electrons. The van der Waals surface area contributed by atoms with Crippen LogP contribution in [0.3, 0.4) is 0 Å². The van der Waals surface area contributed by atoms with Crippen LogP contribution in [0.4, 0.5) is 0 Å². The van der Waals surface area contributed by atoms with Gasteiger partial charge in [-0.2, -0.15) is 0 Å². The van der Waals surface area contributed by atoms with E-state index in [4.69, 9.17) is 0 Å². The van der Waals surface area contributed by atoms with E-state index < -0.39 is 5.97 Å². The molecule has 4 heteroatoms. The maximum absolute atomic E-state index is 11.2. The van der Waals surface area contributed by atoms with Gasteiger partial charge in [-0.3, -0.25) is 4.90 Å². The second-order valence-corrected chi connectivity index (χ2v) is 6.22. The fourth-order valence-electron chi connectivity index (χ4n) is 3.02. The molecule has 4 nitrogen and oxygen atoms in total. The van der Waals surface area contributed by atoms with Gasteiger partial charge in [-0.15, -0.1) is 0 Å². The quantitative estimate of drug-likeness (QED) is 0.873. The van der Waals surface area contributed by atoms with Gasteiger partial charge in [-0.1, -0.05) is 18.2 Å². The van der Waals surface area contributed by atoms with Crippen molar-refractivity contribution in [2.24, 2.45) is 0 Å². The molecule has 0 amide bonds. The van der Waals surface area contributed by atoms with E-state index in [1.54, 1.807) is 12.1 Å². The van der Waals surface area contributed by atoms with Crippen LogP contribution in [0.25, 0.3) is 0 Å². The molecule has 0 saturated carbocycles. The Bertz CT molecular complexity index is 487. The molecule has 1 aliphatic rings. The molecule has 0 aromatic heterocycles. The first-order valence-electron chi connectivity index (χ1n) is 7.74. The third-order valence-electron chi connectivity index (χ3n) is 4.53. The van der Waals surface area contributed by atoms with Crippen LogP contribution in [0.2, 0.25) is 0 Å². The molecule has 1 aromatic rings. The van der Waals surface area contributed by atoms with E-state index in [1.807, 2.05) is 12.1 Å². The van der Waals surface area contributed by atoms with E-state index in [9.17, 15) is 9.90 Å². The van der Waals surface area contributed by atoms with Gasteiger partial charge in [-0.05, 0) is 45.4 Å². The van der Waals surface area contributed by atoms with E-state index >= 15 is 0 Å². The zero-order valence-corrected chi connectivity index (χ0v) is 13.2. The van der Waals surface area contributed by atoms with Gasteiger partial charge < -0.3 is 10.0 Å². The highest BCUT2D eigenvalue weighted by atomic mass is 16.4. The van der Waals surface area contributed by atoms with E-state index in [0.717, 1.165) is 25.1 Å². The van der Waals surface area contributed by atoms with Gasteiger partial charge >= 0.3 is 5.97 Å². The fraction of sp³-hybridized carbons (Fsp3) is 0.588. The monoisotopic (exact) mass is 290 g/mol. The van der Waals surface area contributed by atoms with Crippen LogP contribution in [0.5, 0.6) is 0 Å². The van der Waals surface area contributed by atoms with Crippen molar-refractivity contribution in [3.8, 4) is 0 Å². The van der Waals surface area contributed by atoms with Crippen molar-refractivity contribution in [3.05, 3.63) is 35.4 Å². The lowest BCUT2D eigenvalue weighted by Gasteiger charge is -2.26. The van der Waals surface area contributed by atoms with Crippen molar-refractivity contribution >= 4 is 5.97 Å². The van der Waals surface area contributed by atoms with Crippen molar-refractivity contribution in [1.29, 1.82) is 0 Å². The highest BCUT2D eigenvalue weighted by Crippen LogP contribution is 2.18. The third-order valence-corrected chi connectivity index (χ3v) is 4.53. The second-order valence-electron chi connectivity index (χ2n) is 6.22. The first-order chi connectivity index (χ1) is 9.99. The largest absolute Gasteiger partial charge is 0.478 e. The number of hydrogen-bond donors (Lipinski definition) is 1. The number of carboxylic acids is 1. The van der Waals surface area contributed by atoms with Crippen LogP contribution in [0.1, 0.15) is 36.2 Å². The molecular formula is C17H26N2O2. The Morgan fingerprint density at radius 3 is 2.76 bits per heavy atom. The molecule has 21 heavy (non-hydrogen) atoms. The van der Waals surface area contributed by atoms with Gasteiger partial charge in [0.1, 0.15) is 0 Å². The molecule has 0 bridgehead atoms. The van der Waals surface area contributed by atoms with Gasteiger partial charge in [-0.25, -0.2) is 4.79 Å². The normalized spacial score (nSPS) is 19.6. The first kappa shape index (κ1) is 16.0. The lowest BCUT2D eigenvalue weighted by Crippen LogP contribution is -2.37. The number of likely N-dealkylation sites (tertiary alicyclic amines) is 1. The summed E-state index contributed by atoms with van der Waals surface area (Å²) in [5.41, 5.74) is 1.36. The molecule has 0 aliphatic carbocycles. The molecule has 1 saturated heterocycles. The zero-order valence-electron chi connectivity index (χ0n) is 13.2. The highest BCUT2D eigenvalue weighted by Gasteiger charge is 2.26. The summed E-state index contributed by atoms with van der Waals surface area (Å²) in [6, 6.07) is 8.51. The molecular weight excluding hydrogens is 264 g/mol. The summed E-state index contributed by atoms with van der Waals surface area (Å²) in [6.07, 6.45) is 1.99. The summed E-state index contributed by atoms with van der Waals surface area (Å²) in [7, 11) is 2.15. The van der Waals surface area contributed by atoms with Gasteiger partial charge in [0.05, 0.1) is 5.56 Å². The average Bonchev–Trinajstić information content (AvgIpc) is 2.95. The Balaban J connectivity index is 1.90. The first-order valence-corrected chi connectivity index (χ1v) is 7.74. The Labute approximate surface area is 127 Å². The Morgan fingerprint density at radius 1 is 1.43 bits per heavy atom. The van der Waals surface area contributed by atoms with Gasteiger partial charge in [0.15, 0.2) is 0 Å². The summed E-state index contributed by atoms with van der Waals surface area (Å²) >= 11 is 0. The van der Waals surface area contributed by atoms with Crippen LogP contribution in [-0.4, -0.2) is 59.6 Å². The number of hydrogen-bond acceptors (Lipinski definition) is 3. The third kappa shape index (κ3) is 4.05. The minimum atomic E-state index is -0.833. The molecule has 1 fully saturated rings. The number of carboxylic acid groups (broad SMARTS) is 1. The highest BCUT2D eigenvalue weighted by molar-refractivity contribution is 5.89. The minimum Gasteiger partial charge on any atom is -0.478 e. The van der Waals surface area contributed by atoms with Crippen LogP contribution < -0.4 is 0 Å². The molecule has 0 radical (unpaired) electrons. The molecule has 1 aliphatic heterocycles. The lowest BCUT2D eigenvalue weighted by molar-refractivity contribution is 0.0695. The molecule has 1 heterocycles. The Morgan fingerprint density at radius 2 is 2.14 bits per heavy atom. The fourth-order valence-corrected chi connectivity index (χ4v) is 3.02. The van der Waals surface area contributed by atoms with Crippen molar-refractivity contribution in [2.75, 3.05) is 26.7 Å². The predicted molar refractivity (Wildman–Crippen MR) is 84.8 cm³/mol. The van der Waals surface area contributed by atoms with Crippen molar-refractivity contribution in [1.82, 2.24) is 9.80 Å². The summed E-state index contributed by atoms with van der Waals surface area (Å²) in [5, 5.41) is 9.22. The van der Waals surface area contributed by atoms with Crippen LogP contribution in [-0.2, 0) is 6.42 Å². The SMILES string of the molecule is CC(C)N1CCC(N(C)CCc2ccccc2C(=O)O)C1. The number of rotatable bonds is 6. The standard InChI is InChI=1S/C17H26N2O2/c1-13(2)19-11-9-15(12-19)18(3)10-8-14-6-4-5-7-16(14)17(20)21/h4-7,13,15H,8-12H2,1-3H3,(H,20,21). The molecule has 2 rings (SSSR count). The van der Waals surface area contributed by atoms with Gasteiger partial charge in [0, 0.05) is 31.7 Å². The molecule has 0 spiro atoms. The number of nitrogens with zero attached hydrogens (tertiary/aromatic N) is 2. The summed E-state index contributed by atoms with van der Waals surface area (Å²) < 4.78 is 0. The van der Waals surface area contributed by atoms with E-state index in [1.165, 1.54) is 13.0 Å². The van der Waals surface area contributed by atoms with Gasteiger partial charge in [0.2, 0.25) is 0 Å². The summed E-state index contributed by atoms with van der Waals surface area (Å²) in [4.78, 5) is 16.1. The summed E-state index contributed by atoms with van der Waals surface area (Å²) in [6.45, 7) is 7.67. The Kier molecular flexibility index (Phi) is 5.37. The smallest absolute Gasteiger partial charge is 0.335 e. The van der Waals surface area contributed by atoms with Crippen molar-refractivity contribution < 1.29 is 9.90 Å². The molecule has 1 atom stereocenters. The number of likely N-dealkylation sites (N-methyl/N-ethyl adjacent to an activating group) is 1. The maximum Gasteiger partial charge on any atom is 0.335 e. The Hall–Kier alpha value is -1.39. The maximum atomic E-state index is 11.2. The predicted octanol–water partition coefficient (Wildman–Crippen LogP) is 2.34. The van der Waals surface area contributed by atoms with E-state index in [0.29, 0.717) is 17.6 Å². The van der Waals surface area contributed by atoms with Crippen LogP contribution in [0, 0.1) is 0 Å². The van der Waals surface area contributed by atoms with Gasteiger partial charge in [0.25, 0.3) is 0 Å².